The van der Waals surface area contributed by atoms with Crippen molar-refractivity contribution >= 4 is 15.9 Å². The van der Waals surface area contributed by atoms with Crippen LogP contribution in [0.15, 0.2) is 24.3 Å². The summed E-state index contributed by atoms with van der Waals surface area (Å²) < 4.78 is 14.9. The van der Waals surface area contributed by atoms with Gasteiger partial charge in [0.15, 0.2) is 0 Å². The van der Waals surface area contributed by atoms with Crippen LogP contribution in [0.1, 0.15) is 24.1 Å². The van der Waals surface area contributed by atoms with Crippen LogP contribution in [0.2, 0.25) is 0 Å². The molecule has 1 aromatic heterocycles. The molecule has 0 bridgehead atoms. The molecule has 2 rings (SSSR count). The van der Waals surface area contributed by atoms with Gasteiger partial charge in [-0.3, -0.25) is 0 Å². The Morgan fingerprint density at radius 3 is 2.41 bits per heavy atom. The number of hydrogen-bond acceptors (Lipinski definition) is 2. The molecule has 5 heteroatoms. The van der Waals surface area contributed by atoms with Crippen LogP contribution in [-0.4, -0.2) is 14.8 Å². The van der Waals surface area contributed by atoms with E-state index in [0.29, 0.717) is 11.8 Å². The molecule has 0 amide bonds. The van der Waals surface area contributed by atoms with Crippen molar-refractivity contribution in [3.05, 3.63) is 47.3 Å². The Labute approximate surface area is 108 Å². The second-order valence-electron chi connectivity index (χ2n) is 3.71. The number of rotatable bonds is 4. The van der Waals surface area contributed by atoms with Gasteiger partial charge in [-0.25, -0.2) is 4.39 Å². The van der Waals surface area contributed by atoms with E-state index >= 15 is 0 Å². The topological polar surface area (TPSA) is 30.7 Å². The summed E-state index contributed by atoms with van der Waals surface area (Å²) in [6.45, 7) is 2.90. The molecular formula is C12H13BrFN3. The third-order valence-electron chi connectivity index (χ3n) is 2.62. The number of aromatic nitrogens is 3. The van der Waals surface area contributed by atoms with Crippen molar-refractivity contribution in [3.63, 3.8) is 0 Å². The lowest BCUT2D eigenvalue weighted by Crippen LogP contribution is -2.05. The first-order chi connectivity index (χ1) is 8.24. The van der Waals surface area contributed by atoms with Crippen molar-refractivity contribution < 1.29 is 4.39 Å². The molecule has 0 saturated heterocycles. The fraction of sp³-hybridized carbons (Fsp3) is 0.333. The minimum absolute atomic E-state index is 0.216. The van der Waals surface area contributed by atoms with Gasteiger partial charge in [-0.2, -0.15) is 0 Å². The van der Waals surface area contributed by atoms with Gasteiger partial charge < -0.3 is 4.57 Å². The van der Waals surface area contributed by atoms with Crippen LogP contribution in [0, 0.1) is 5.82 Å². The van der Waals surface area contributed by atoms with E-state index in [9.17, 15) is 4.39 Å². The fourth-order valence-electron chi connectivity index (χ4n) is 1.75. The lowest BCUT2D eigenvalue weighted by molar-refractivity contribution is 0.626. The van der Waals surface area contributed by atoms with Gasteiger partial charge in [0.2, 0.25) is 0 Å². The Morgan fingerprint density at radius 2 is 1.82 bits per heavy atom. The van der Waals surface area contributed by atoms with Gasteiger partial charge in [0.25, 0.3) is 0 Å². The van der Waals surface area contributed by atoms with Crippen LogP contribution in [0.5, 0.6) is 0 Å². The highest BCUT2D eigenvalue weighted by atomic mass is 79.9. The van der Waals surface area contributed by atoms with E-state index in [4.69, 9.17) is 0 Å². The average molecular weight is 298 g/mol. The molecule has 0 radical (unpaired) electrons. The summed E-state index contributed by atoms with van der Waals surface area (Å²) in [4.78, 5) is 0. The zero-order valence-corrected chi connectivity index (χ0v) is 11.1. The lowest BCUT2D eigenvalue weighted by Gasteiger charge is -2.05. The molecule has 90 valence electrons. The van der Waals surface area contributed by atoms with E-state index in [1.54, 1.807) is 12.1 Å². The first kappa shape index (κ1) is 12.2. The summed E-state index contributed by atoms with van der Waals surface area (Å²) in [6, 6.07) is 6.48. The van der Waals surface area contributed by atoms with E-state index in [2.05, 4.69) is 37.6 Å². The minimum Gasteiger partial charge on any atom is -0.314 e. The van der Waals surface area contributed by atoms with Gasteiger partial charge in [-0.05, 0) is 24.6 Å². The van der Waals surface area contributed by atoms with Gasteiger partial charge in [0.1, 0.15) is 17.5 Å². The molecule has 3 nitrogen and oxygen atoms in total. The van der Waals surface area contributed by atoms with Crippen LogP contribution >= 0.6 is 15.9 Å². The van der Waals surface area contributed by atoms with Gasteiger partial charge in [-0.15, -0.1) is 10.2 Å². The number of hydrogen-bond donors (Lipinski definition) is 0. The molecule has 1 heterocycles. The summed E-state index contributed by atoms with van der Waals surface area (Å²) in [5.74, 6) is 1.62. The van der Waals surface area contributed by atoms with Crippen molar-refractivity contribution in [2.45, 2.75) is 25.2 Å². The molecule has 0 aliphatic rings. The first-order valence-electron chi connectivity index (χ1n) is 5.46. The van der Waals surface area contributed by atoms with Crippen LogP contribution < -0.4 is 0 Å². The predicted molar refractivity (Wildman–Crippen MR) is 67.5 cm³/mol. The summed E-state index contributed by atoms with van der Waals surface area (Å²) >= 11 is 3.38. The van der Waals surface area contributed by atoms with Crippen LogP contribution in [0.25, 0.3) is 0 Å². The minimum atomic E-state index is -0.216. The maximum atomic E-state index is 12.8. The second kappa shape index (κ2) is 5.40. The molecule has 0 saturated carbocycles. The molecule has 0 fully saturated rings. The Hall–Kier alpha value is -1.23. The SMILES string of the molecule is CCn1c(CBr)nnc1Cc1ccc(F)cc1. The van der Waals surface area contributed by atoms with Gasteiger partial charge in [0.05, 0.1) is 5.33 Å². The molecule has 0 aliphatic heterocycles. The molecule has 17 heavy (non-hydrogen) atoms. The van der Waals surface area contributed by atoms with Crippen LogP contribution in [0.3, 0.4) is 0 Å². The smallest absolute Gasteiger partial charge is 0.143 e. The zero-order valence-electron chi connectivity index (χ0n) is 9.53. The second-order valence-corrected chi connectivity index (χ2v) is 4.27. The largest absolute Gasteiger partial charge is 0.314 e. The van der Waals surface area contributed by atoms with E-state index < -0.39 is 0 Å². The molecule has 0 unspecified atom stereocenters. The highest BCUT2D eigenvalue weighted by Crippen LogP contribution is 2.12. The maximum Gasteiger partial charge on any atom is 0.143 e. The molecular weight excluding hydrogens is 285 g/mol. The Morgan fingerprint density at radius 1 is 1.18 bits per heavy atom. The number of halogens is 2. The van der Waals surface area contributed by atoms with Crippen molar-refractivity contribution in [1.29, 1.82) is 0 Å². The number of benzene rings is 1. The standard InChI is InChI=1S/C12H13BrFN3/c1-2-17-11(15-16-12(17)8-13)7-9-3-5-10(14)6-4-9/h3-6H,2,7-8H2,1H3. The van der Waals surface area contributed by atoms with Gasteiger partial charge in [-0.1, -0.05) is 28.1 Å². The Bertz CT molecular complexity index is 493. The van der Waals surface area contributed by atoms with Crippen LogP contribution in [-0.2, 0) is 18.3 Å². The highest BCUT2D eigenvalue weighted by Gasteiger charge is 2.09. The van der Waals surface area contributed by atoms with E-state index in [1.165, 1.54) is 12.1 Å². The molecule has 0 spiro atoms. The number of alkyl halides is 1. The Balaban J connectivity index is 2.23. The maximum absolute atomic E-state index is 12.8. The monoisotopic (exact) mass is 297 g/mol. The van der Waals surface area contributed by atoms with Crippen molar-refractivity contribution in [2.75, 3.05) is 0 Å². The quantitative estimate of drug-likeness (QED) is 0.813. The first-order valence-corrected chi connectivity index (χ1v) is 6.58. The molecule has 1 aromatic carbocycles. The van der Waals surface area contributed by atoms with Crippen LogP contribution in [0.4, 0.5) is 4.39 Å². The summed E-state index contributed by atoms with van der Waals surface area (Å²) in [5, 5.41) is 8.97. The summed E-state index contributed by atoms with van der Waals surface area (Å²) in [5.41, 5.74) is 1.04. The lowest BCUT2D eigenvalue weighted by atomic mass is 10.1. The molecule has 2 aromatic rings. The fourth-order valence-corrected chi connectivity index (χ4v) is 2.17. The number of nitrogens with zero attached hydrogens (tertiary/aromatic N) is 3. The van der Waals surface area contributed by atoms with E-state index in [0.717, 1.165) is 23.8 Å². The van der Waals surface area contributed by atoms with Crippen molar-refractivity contribution in [1.82, 2.24) is 14.8 Å². The molecule has 0 N–H and O–H groups in total. The summed E-state index contributed by atoms with van der Waals surface area (Å²) in [6.07, 6.45) is 0.675. The summed E-state index contributed by atoms with van der Waals surface area (Å²) in [7, 11) is 0. The molecule has 0 atom stereocenters. The predicted octanol–water partition coefficient (Wildman–Crippen LogP) is 2.92. The third-order valence-corrected chi connectivity index (χ3v) is 3.12. The average Bonchev–Trinajstić information content (AvgIpc) is 2.74. The van der Waals surface area contributed by atoms with E-state index in [1.807, 2.05) is 0 Å². The third kappa shape index (κ3) is 2.72. The molecule has 0 aliphatic carbocycles. The van der Waals surface area contributed by atoms with Crippen molar-refractivity contribution in [3.8, 4) is 0 Å². The van der Waals surface area contributed by atoms with Gasteiger partial charge in [0, 0.05) is 13.0 Å². The normalized spacial score (nSPS) is 10.8. The highest BCUT2D eigenvalue weighted by molar-refractivity contribution is 9.08. The van der Waals surface area contributed by atoms with Crippen molar-refractivity contribution in [2.24, 2.45) is 0 Å². The Kier molecular flexibility index (Phi) is 3.89. The zero-order chi connectivity index (χ0) is 12.3. The van der Waals surface area contributed by atoms with Gasteiger partial charge >= 0.3 is 0 Å². The van der Waals surface area contributed by atoms with E-state index in [-0.39, 0.29) is 5.82 Å².